The quantitative estimate of drug-likeness (QED) is 0.648. The number of carbonyl (C=O) groups is 1. The Labute approximate surface area is 168 Å². The van der Waals surface area contributed by atoms with Gasteiger partial charge in [-0.1, -0.05) is 60.7 Å². The number of nitrogens with zero attached hydrogens (tertiary/aromatic N) is 1. The van der Waals surface area contributed by atoms with Crippen molar-refractivity contribution in [2.75, 3.05) is 4.31 Å². The van der Waals surface area contributed by atoms with E-state index in [0.717, 1.165) is 11.1 Å². The number of nitrogens with one attached hydrogen (secondary N) is 1. The highest BCUT2D eigenvalue weighted by Gasteiger charge is 2.41. The molecule has 7 heteroatoms. The van der Waals surface area contributed by atoms with Gasteiger partial charge in [0.25, 0.3) is 10.0 Å². The highest BCUT2D eigenvalue weighted by molar-refractivity contribution is 7.97. The molecule has 0 atom stereocenters. The fraction of sp³-hybridized carbons (Fsp3) is 0.0952. The highest BCUT2D eigenvalue weighted by Crippen LogP contribution is 2.39. The minimum absolute atomic E-state index is 0.177. The SMILES string of the molecule is O=C1C(=CNCc2ccccc2)S(=O)(=O)N(Cc2ccccc2)c2ccsc21. The summed E-state index contributed by atoms with van der Waals surface area (Å²) in [4.78, 5) is 13.0. The summed E-state index contributed by atoms with van der Waals surface area (Å²) in [5.41, 5.74) is 2.30. The molecule has 28 heavy (non-hydrogen) atoms. The zero-order chi connectivity index (χ0) is 19.6. The summed E-state index contributed by atoms with van der Waals surface area (Å²) in [7, 11) is -3.96. The van der Waals surface area contributed by atoms with Crippen LogP contribution in [0.15, 0.2) is 83.2 Å². The molecule has 0 fully saturated rings. The number of hydrogen-bond donors (Lipinski definition) is 1. The van der Waals surface area contributed by atoms with E-state index in [2.05, 4.69) is 5.32 Å². The van der Waals surface area contributed by atoms with Crippen molar-refractivity contribution >= 4 is 32.8 Å². The molecule has 1 aromatic heterocycles. The van der Waals surface area contributed by atoms with E-state index < -0.39 is 15.8 Å². The summed E-state index contributed by atoms with van der Waals surface area (Å²) in [5, 5.41) is 4.73. The number of hydrogen-bond acceptors (Lipinski definition) is 5. The molecule has 1 aliphatic heterocycles. The Morgan fingerprint density at radius 1 is 0.929 bits per heavy atom. The molecule has 0 radical (unpaired) electrons. The van der Waals surface area contributed by atoms with Crippen LogP contribution in [-0.4, -0.2) is 14.2 Å². The first-order valence-electron chi connectivity index (χ1n) is 8.74. The molecular formula is C21H18N2O3S2. The first kappa shape index (κ1) is 18.5. The number of carbonyl (C=O) groups excluding carboxylic acids is 1. The van der Waals surface area contributed by atoms with Crippen molar-refractivity contribution in [1.82, 2.24) is 5.32 Å². The van der Waals surface area contributed by atoms with Crippen molar-refractivity contribution in [3.8, 4) is 0 Å². The maximum absolute atomic E-state index is 13.2. The molecule has 0 saturated carbocycles. The van der Waals surface area contributed by atoms with Gasteiger partial charge >= 0.3 is 0 Å². The van der Waals surface area contributed by atoms with E-state index in [1.807, 2.05) is 60.7 Å². The van der Waals surface area contributed by atoms with Gasteiger partial charge in [-0.2, -0.15) is 0 Å². The Hall–Kier alpha value is -2.90. The number of anilines is 1. The summed E-state index contributed by atoms with van der Waals surface area (Å²) in [6.45, 7) is 0.610. The van der Waals surface area contributed by atoms with Crippen LogP contribution in [0.3, 0.4) is 0 Å². The number of Topliss-reactive ketones (excluding diaryl/α,β-unsaturated/α-hetero) is 1. The molecule has 0 bridgehead atoms. The van der Waals surface area contributed by atoms with E-state index in [1.54, 1.807) is 11.4 Å². The van der Waals surface area contributed by atoms with E-state index in [9.17, 15) is 13.2 Å². The van der Waals surface area contributed by atoms with Gasteiger partial charge in [0, 0.05) is 12.7 Å². The Morgan fingerprint density at radius 3 is 2.25 bits per heavy atom. The number of benzene rings is 2. The van der Waals surface area contributed by atoms with Crippen molar-refractivity contribution in [3.63, 3.8) is 0 Å². The van der Waals surface area contributed by atoms with Crippen molar-refractivity contribution < 1.29 is 13.2 Å². The lowest BCUT2D eigenvalue weighted by Crippen LogP contribution is -2.38. The zero-order valence-corrected chi connectivity index (χ0v) is 16.5. The van der Waals surface area contributed by atoms with E-state index in [-0.39, 0.29) is 11.4 Å². The number of thiophene rings is 1. The second-order valence-electron chi connectivity index (χ2n) is 6.34. The number of ketones is 1. The molecule has 0 saturated heterocycles. The Balaban J connectivity index is 1.67. The lowest BCUT2D eigenvalue weighted by molar-refractivity contribution is 0.104. The predicted octanol–water partition coefficient (Wildman–Crippen LogP) is 3.91. The minimum atomic E-state index is -3.96. The fourth-order valence-electron chi connectivity index (χ4n) is 3.06. The third-order valence-electron chi connectivity index (χ3n) is 4.46. The highest BCUT2D eigenvalue weighted by atomic mass is 32.2. The third-order valence-corrected chi connectivity index (χ3v) is 7.13. The minimum Gasteiger partial charge on any atom is -0.386 e. The van der Waals surface area contributed by atoms with Gasteiger partial charge < -0.3 is 5.32 Å². The fourth-order valence-corrected chi connectivity index (χ4v) is 5.57. The normalized spacial score (nSPS) is 16.8. The van der Waals surface area contributed by atoms with Gasteiger partial charge in [0.2, 0.25) is 5.78 Å². The summed E-state index contributed by atoms with van der Waals surface area (Å²) in [6, 6.07) is 20.6. The van der Waals surface area contributed by atoms with Crippen molar-refractivity contribution in [3.05, 3.63) is 99.2 Å². The van der Waals surface area contributed by atoms with Gasteiger partial charge in [-0.15, -0.1) is 11.3 Å². The number of allylic oxidation sites excluding steroid dienone is 1. The van der Waals surface area contributed by atoms with Crippen LogP contribution in [0.1, 0.15) is 20.8 Å². The molecule has 1 aliphatic rings. The number of fused-ring (bicyclic) bond motifs is 1. The maximum Gasteiger partial charge on any atom is 0.270 e. The van der Waals surface area contributed by atoms with Gasteiger partial charge in [-0.3, -0.25) is 9.10 Å². The first-order valence-corrected chi connectivity index (χ1v) is 11.1. The van der Waals surface area contributed by atoms with Crippen molar-refractivity contribution in [2.24, 2.45) is 0 Å². The lowest BCUT2D eigenvalue weighted by atomic mass is 10.2. The average molecular weight is 411 g/mol. The standard InChI is InChI=1S/C21H18N2O3S2/c24-20-19(14-22-13-16-7-3-1-4-8-16)28(25,26)23(18-11-12-27-21(18)20)15-17-9-5-2-6-10-17/h1-12,14,22H,13,15H2. The van der Waals surface area contributed by atoms with Crippen LogP contribution >= 0.6 is 11.3 Å². The molecule has 1 N–H and O–H groups in total. The van der Waals surface area contributed by atoms with Crippen molar-refractivity contribution in [1.29, 1.82) is 0 Å². The van der Waals surface area contributed by atoms with Crippen LogP contribution in [0.2, 0.25) is 0 Å². The van der Waals surface area contributed by atoms with Gasteiger partial charge in [0.05, 0.1) is 12.2 Å². The molecule has 142 valence electrons. The Bertz CT molecular complexity index is 1120. The van der Waals surface area contributed by atoms with E-state index >= 15 is 0 Å². The topological polar surface area (TPSA) is 66.5 Å². The second-order valence-corrected chi connectivity index (χ2v) is 9.08. The molecule has 0 unspecified atom stereocenters. The van der Waals surface area contributed by atoms with Crippen LogP contribution in [0.4, 0.5) is 5.69 Å². The summed E-state index contributed by atoms with van der Waals surface area (Å²) < 4.78 is 27.8. The van der Waals surface area contributed by atoms with Gasteiger partial charge in [0.1, 0.15) is 4.88 Å². The average Bonchev–Trinajstić information content (AvgIpc) is 3.19. The zero-order valence-electron chi connectivity index (χ0n) is 14.9. The largest absolute Gasteiger partial charge is 0.386 e. The lowest BCUT2D eigenvalue weighted by Gasteiger charge is -2.29. The first-order chi connectivity index (χ1) is 13.6. The van der Waals surface area contributed by atoms with Crippen molar-refractivity contribution in [2.45, 2.75) is 13.1 Å². The molecule has 0 aliphatic carbocycles. The van der Waals surface area contributed by atoms with E-state index in [4.69, 9.17) is 0 Å². The summed E-state index contributed by atoms with van der Waals surface area (Å²) >= 11 is 1.26. The number of rotatable bonds is 5. The molecular weight excluding hydrogens is 392 g/mol. The van der Waals surface area contributed by atoms with E-state index in [1.165, 1.54) is 21.8 Å². The summed E-state index contributed by atoms with van der Waals surface area (Å²) in [6.07, 6.45) is 1.32. The molecule has 5 nitrogen and oxygen atoms in total. The van der Waals surface area contributed by atoms with Crippen LogP contribution in [0.5, 0.6) is 0 Å². The predicted molar refractivity (Wildman–Crippen MR) is 112 cm³/mol. The number of sulfonamides is 1. The Kier molecular flexibility index (Phi) is 5.02. The molecule has 0 amide bonds. The second kappa shape index (κ2) is 7.61. The Morgan fingerprint density at radius 2 is 1.57 bits per heavy atom. The third kappa shape index (κ3) is 3.46. The smallest absolute Gasteiger partial charge is 0.270 e. The van der Waals surface area contributed by atoms with Crippen LogP contribution < -0.4 is 9.62 Å². The monoisotopic (exact) mass is 410 g/mol. The molecule has 3 aromatic rings. The van der Waals surface area contributed by atoms with E-state index in [0.29, 0.717) is 17.1 Å². The molecule has 0 spiro atoms. The molecule has 4 rings (SSSR count). The summed E-state index contributed by atoms with van der Waals surface area (Å²) in [5.74, 6) is -0.463. The molecule has 2 aromatic carbocycles. The van der Waals surface area contributed by atoms with Crippen LogP contribution in [0.25, 0.3) is 0 Å². The van der Waals surface area contributed by atoms with Gasteiger partial charge in [-0.05, 0) is 22.6 Å². The maximum atomic E-state index is 13.2. The van der Waals surface area contributed by atoms with Crippen LogP contribution in [-0.2, 0) is 23.1 Å². The van der Waals surface area contributed by atoms with Gasteiger partial charge in [-0.25, -0.2) is 8.42 Å². The molecule has 2 heterocycles. The van der Waals surface area contributed by atoms with Crippen LogP contribution in [0, 0.1) is 0 Å². The van der Waals surface area contributed by atoms with Gasteiger partial charge in [0.15, 0.2) is 4.91 Å².